The number of rotatable bonds is 12. The van der Waals surface area contributed by atoms with Gasteiger partial charge in [-0.25, -0.2) is 18.4 Å². The smallest absolute Gasteiger partial charge is 0.263 e. The lowest BCUT2D eigenvalue weighted by Gasteiger charge is -2.15. The summed E-state index contributed by atoms with van der Waals surface area (Å²) >= 11 is 0. The molecule has 11 nitrogen and oxygen atoms in total. The summed E-state index contributed by atoms with van der Waals surface area (Å²) in [5.74, 6) is 0.881. The molecule has 210 valence electrons. The monoisotopic (exact) mass is 564 g/mol. The van der Waals surface area contributed by atoms with Crippen LogP contribution in [0.5, 0.6) is 11.5 Å². The van der Waals surface area contributed by atoms with E-state index in [0.717, 1.165) is 13.0 Å². The third kappa shape index (κ3) is 7.16. The Balaban J connectivity index is 1.64. The molecule has 0 unspecified atom stereocenters. The van der Waals surface area contributed by atoms with Crippen molar-refractivity contribution in [3.05, 3.63) is 72.3 Å². The average molecular weight is 565 g/mol. The minimum Gasteiger partial charge on any atom is -0.497 e. The van der Waals surface area contributed by atoms with Gasteiger partial charge in [-0.15, -0.1) is 0 Å². The third-order valence-electron chi connectivity index (χ3n) is 5.89. The molecule has 40 heavy (non-hydrogen) atoms. The first-order valence-electron chi connectivity index (χ1n) is 12.5. The zero-order valence-electron chi connectivity index (χ0n) is 22.8. The summed E-state index contributed by atoms with van der Waals surface area (Å²) in [6.45, 7) is 1.30. The standard InChI is InChI=1S/C28H32N6O5S/c1-34(2)14-8-13-29-28(35)19-9-7-10-23(15-19)40(36,37)33-27-26(31-24-11-5-6-12-25(24)32-27)30-20-16-21(38-3)18-22(17-20)39-4/h5-7,9-12,15-18H,8,13-14H2,1-4H3,(H,29,35)(H,30,31)(H,32,33). The van der Waals surface area contributed by atoms with Crippen molar-refractivity contribution in [1.29, 1.82) is 0 Å². The first kappa shape index (κ1) is 28.6. The molecule has 3 aromatic carbocycles. The van der Waals surface area contributed by atoms with Crippen LogP contribution in [0.4, 0.5) is 17.3 Å². The first-order chi connectivity index (χ1) is 19.2. The number of nitrogens with one attached hydrogen (secondary N) is 3. The summed E-state index contributed by atoms with van der Waals surface area (Å²) in [7, 11) is 2.84. The van der Waals surface area contributed by atoms with Crippen molar-refractivity contribution in [3.8, 4) is 11.5 Å². The molecular formula is C28H32N6O5S. The van der Waals surface area contributed by atoms with E-state index in [4.69, 9.17) is 9.47 Å². The number of anilines is 3. The van der Waals surface area contributed by atoms with Gasteiger partial charge in [0.15, 0.2) is 11.6 Å². The van der Waals surface area contributed by atoms with Crippen LogP contribution in [0.3, 0.4) is 0 Å². The molecule has 4 aromatic rings. The van der Waals surface area contributed by atoms with E-state index >= 15 is 0 Å². The van der Waals surface area contributed by atoms with E-state index in [1.165, 1.54) is 32.4 Å². The lowest BCUT2D eigenvalue weighted by Crippen LogP contribution is -2.27. The number of hydrogen-bond acceptors (Lipinski definition) is 9. The summed E-state index contributed by atoms with van der Waals surface area (Å²) < 4.78 is 40.2. The van der Waals surface area contributed by atoms with E-state index in [1.807, 2.05) is 25.1 Å². The predicted molar refractivity (Wildman–Crippen MR) is 155 cm³/mol. The summed E-state index contributed by atoms with van der Waals surface area (Å²) in [6, 6.07) is 18.1. The van der Waals surface area contributed by atoms with Crippen molar-refractivity contribution in [2.24, 2.45) is 0 Å². The maximum atomic E-state index is 13.5. The number of nitrogens with zero attached hydrogens (tertiary/aromatic N) is 3. The van der Waals surface area contributed by atoms with E-state index in [9.17, 15) is 13.2 Å². The minimum absolute atomic E-state index is 0.0148. The van der Waals surface area contributed by atoms with Gasteiger partial charge in [-0.05, 0) is 57.4 Å². The molecule has 0 fully saturated rings. The van der Waals surface area contributed by atoms with Crippen LogP contribution >= 0.6 is 0 Å². The van der Waals surface area contributed by atoms with E-state index < -0.39 is 10.0 Å². The molecule has 12 heteroatoms. The molecule has 0 radical (unpaired) electrons. The van der Waals surface area contributed by atoms with Crippen LogP contribution in [0.2, 0.25) is 0 Å². The van der Waals surface area contributed by atoms with Gasteiger partial charge in [-0.3, -0.25) is 9.52 Å². The Hall–Kier alpha value is -4.42. The molecule has 0 spiro atoms. The summed E-state index contributed by atoms with van der Waals surface area (Å²) in [4.78, 5) is 23.7. The van der Waals surface area contributed by atoms with Gasteiger partial charge in [0.05, 0.1) is 30.1 Å². The van der Waals surface area contributed by atoms with Crippen molar-refractivity contribution < 1.29 is 22.7 Å². The number of amides is 1. The largest absolute Gasteiger partial charge is 0.497 e. The SMILES string of the molecule is COc1cc(Nc2nc3ccccc3nc2NS(=O)(=O)c2cccc(C(=O)NCCCN(C)C)c2)cc(OC)c1. The van der Waals surface area contributed by atoms with Gasteiger partial charge in [-0.1, -0.05) is 18.2 Å². The lowest BCUT2D eigenvalue weighted by molar-refractivity contribution is 0.0952. The molecule has 4 rings (SSSR count). The molecule has 0 atom stereocenters. The predicted octanol–water partition coefficient (Wildman–Crippen LogP) is 3.87. The van der Waals surface area contributed by atoms with Gasteiger partial charge < -0.3 is 25.0 Å². The average Bonchev–Trinajstić information content (AvgIpc) is 2.95. The molecule has 0 aliphatic rings. The molecule has 0 aliphatic heterocycles. The molecule has 1 amide bonds. The van der Waals surface area contributed by atoms with Gasteiger partial charge in [0.2, 0.25) is 0 Å². The van der Waals surface area contributed by atoms with Crippen LogP contribution in [0.25, 0.3) is 11.0 Å². The Bertz CT molecular complexity index is 1590. The van der Waals surface area contributed by atoms with Crippen molar-refractivity contribution in [3.63, 3.8) is 0 Å². The number of carbonyl (C=O) groups excluding carboxylic acids is 1. The fourth-order valence-electron chi connectivity index (χ4n) is 3.86. The number of methoxy groups -OCH3 is 2. The van der Waals surface area contributed by atoms with Crippen LogP contribution < -0.4 is 24.8 Å². The topological polar surface area (TPSA) is 135 Å². The Morgan fingerprint density at radius 2 is 1.52 bits per heavy atom. The highest BCUT2D eigenvalue weighted by Gasteiger charge is 2.21. The van der Waals surface area contributed by atoms with Gasteiger partial charge >= 0.3 is 0 Å². The number of benzene rings is 3. The maximum Gasteiger partial charge on any atom is 0.263 e. The highest BCUT2D eigenvalue weighted by atomic mass is 32.2. The van der Waals surface area contributed by atoms with E-state index in [1.54, 1.807) is 42.5 Å². The van der Waals surface area contributed by atoms with Crippen LogP contribution in [0.1, 0.15) is 16.8 Å². The van der Waals surface area contributed by atoms with Crippen molar-refractivity contribution in [2.75, 3.05) is 51.4 Å². The van der Waals surface area contributed by atoms with E-state index in [-0.39, 0.29) is 28.0 Å². The lowest BCUT2D eigenvalue weighted by atomic mass is 10.2. The second kappa shape index (κ2) is 12.6. The zero-order valence-corrected chi connectivity index (χ0v) is 23.6. The molecule has 1 aromatic heterocycles. The summed E-state index contributed by atoms with van der Waals surface area (Å²) in [6.07, 6.45) is 0.772. The maximum absolute atomic E-state index is 13.5. The molecule has 1 heterocycles. The quantitative estimate of drug-likeness (QED) is 0.219. The van der Waals surface area contributed by atoms with Crippen LogP contribution in [-0.4, -0.2) is 70.6 Å². The van der Waals surface area contributed by atoms with Gasteiger partial charge in [-0.2, -0.15) is 0 Å². The zero-order chi connectivity index (χ0) is 28.7. The summed E-state index contributed by atoms with van der Waals surface area (Å²) in [5.41, 5.74) is 1.85. The number of sulfonamides is 1. The van der Waals surface area contributed by atoms with Crippen molar-refractivity contribution in [2.45, 2.75) is 11.3 Å². The summed E-state index contributed by atoms with van der Waals surface area (Å²) in [5, 5.41) is 5.95. The second-order valence-corrected chi connectivity index (χ2v) is 10.9. The molecular weight excluding hydrogens is 532 g/mol. The second-order valence-electron chi connectivity index (χ2n) is 9.18. The van der Waals surface area contributed by atoms with Crippen LogP contribution in [0.15, 0.2) is 71.6 Å². The van der Waals surface area contributed by atoms with Crippen LogP contribution in [0, 0.1) is 0 Å². The number of carbonyl (C=O) groups is 1. The van der Waals surface area contributed by atoms with Gasteiger partial charge in [0, 0.05) is 36.0 Å². The Morgan fingerprint density at radius 3 is 2.15 bits per heavy atom. The Labute approximate surface area is 233 Å². The molecule has 0 aliphatic carbocycles. The molecule has 0 saturated heterocycles. The molecule has 3 N–H and O–H groups in total. The normalized spacial score (nSPS) is 11.3. The minimum atomic E-state index is -4.14. The van der Waals surface area contributed by atoms with Crippen LogP contribution in [-0.2, 0) is 10.0 Å². The highest BCUT2D eigenvalue weighted by molar-refractivity contribution is 7.92. The number of para-hydroxylation sites is 2. The van der Waals surface area contributed by atoms with E-state index in [0.29, 0.717) is 34.8 Å². The van der Waals surface area contributed by atoms with Gasteiger partial charge in [0.25, 0.3) is 15.9 Å². The van der Waals surface area contributed by atoms with Crippen molar-refractivity contribution >= 4 is 44.3 Å². The Morgan fingerprint density at radius 1 is 0.875 bits per heavy atom. The Kier molecular flexibility index (Phi) is 9.02. The number of fused-ring (bicyclic) bond motifs is 1. The number of ether oxygens (including phenoxy) is 2. The number of hydrogen-bond donors (Lipinski definition) is 3. The first-order valence-corrected chi connectivity index (χ1v) is 14.0. The van der Waals surface area contributed by atoms with E-state index in [2.05, 4.69) is 25.3 Å². The third-order valence-corrected chi connectivity index (χ3v) is 7.23. The van der Waals surface area contributed by atoms with Crippen molar-refractivity contribution in [1.82, 2.24) is 20.2 Å². The fraction of sp³-hybridized carbons (Fsp3) is 0.250. The fourth-order valence-corrected chi connectivity index (χ4v) is 4.92. The number of aromatic nitrogens is 2. The van der Waals surface area contributed by atoms with Gasteiger partial charge in [0.1, 0.15) is 11.5 Å². The molecule has 0 bridgehead atoms. The highest BCUT2D eigenvalue weighted by Crippen LogP contribution is 2.31. The molecule has 0 saturated carbocycles.